The first-order valence-corrected chi connectivity index (χ1v) is 7.73. The number of benzene rings is 2. The van der Waals surface area contributed by atoms with Crippen molar-refractivity contribution in [2.45, 2.75) is 13.5 Å². The van der Waals surface area contributed by atoms with E-state index in [1.165, 1.54) is 26.2 Å². The lowest BCUT2D eigenvalue weighted by molar-refractivity contribution is -0.131. The molecule has 0 N–H and O–H groups in total. The fraction of sp³-hybridized carbons (Fsp3) is 0.263. The average Bonchev–Trinajstić information content (AvgIpc) is 2.65. The highest BCUT2D eigenvalue weighted by Gasteiger charge is 2.16. The predicted molar refractivity (Wildman–Crippen MR) is 93.0 cm³/mol. The number of ether oxygens (including phenoxy) is 5. The van der Waals surface area contributed by atoms with Crippen molar-refractivity contribution >= 4 is 11.9 Å². The zero-order valence-electron chi connectivity index (χ0n) is 15.0. The van der Waals surface area contributed by atoms with Crippen molar-refractivity contribution in [2.75, 3.05) is 21.3 Å². The first kappa shape index (κ1) is 19.1. The summed E-state index contributed by atoms with van der Waals surface area (Å²) in [6, 6.07) is 9.89. The number of methoxy groups -OCH3 is 3. The summed E-state index contributed by atoms with van der Waals surface area (Å²) >= 11 is 0. The molecule has 0 spiro atoms. The molecule has 2 aromatic carbocycles. The summed E-state index contributed by atoms with van der Waals surface area (Å²) in [7, 11) is 4.38. The third kappa shape index (κ3) is 4.66. The normalized spacial score (nSPS) is 10.0. The first-order chi connectivity index (χ1) is 12.5. The highest BCUT2D eigenvalue weighted by molar-refractivity contribution is 5.93. The molecule has 26 heavy (non-hydrogen) atoms. The van der Waals surface area contributed by atoms with Crippen LogP contribution in [0.3, 0.4) is 0 Å². The highest BCUT2D eigenvalue weighted by Crippen LogP contribution is 2.28. The maximum Gasteiger partial charge on any atom is 0.341 e. The van der Waals surface area contributed by atoms with Gasteiger partial charge in [-0.3, -0.25) is 4.79 Å². The van der Waals surface area contributed by atoms with E-state index in [9.17, 15) is 9.59 Å². The molecule has 0 bridgehead atoms. The average molecular weight is 360 g/mol. The van der Waals surface area contributed by atoms with Gasteiger partial charge in [-0.25, -0.2) is 4.79 Å². The number of hydrogen-bond acceptors (Lipinski definition) is 7. The number of carbonyl (C=O) groups is 2. The topological polar surface area (TPSA) is 80.3 Å². The van der Waals surface area contributed by atoms with E-state index in [-0.39, 0.29) is 17.9 Å². The molecule has 7 nitrogen and oxygen atoms in total. The molecule has 0 aliphatic rings. The second kappa shape index (κ2) is 8.75. The summed E-state index contributed by atoms with van der Waals surface area (Å²) in [6.07, 6.45) is 0. The molecule has 138 valence electrons. The van der Waals surface area contributed by atoms with E-state index in [1.54, 1.807) is 38.5 Å². The van der Waals surface area contributed by atoms with Crippen molar-refractivity contribution in [1.29, 1.82) is 0 Å². The molecular formula is C19H20O7. The van der Waals surface area contributed by atoms with Crippen LogP contribution in [-0.4, -0.2) is 33.3 Å². The molecule has 0 saturated heterocycles. The molecule has 0 saturated carbocycles. The van der Waals surface area contributed by atoms with Gasteiger partial charge in [-0.05, 0) is 36.4 Å². The van der Waals surface area contributed by atoms with Gasteiger partial charge in [0, 0.05) is 12.5 Å². The molecule has 2 rings (SSSR count). The van der Waals surface area contributed by atoms with Gasteiger partial charge in [-0.2, -0.15) is 0 Å². The van der Waals surface area contributed by atoms with Crippen LogP contribution in [0, 0.1) is 0 Å². The van der Waals surface area contributed by atoms with Crippen LogP contribution in [0.2, 0.25) is 0 Å². The second-order valence-electron chi connectivity index (χ2n) is 5.21. The third-order valence-electron chi connectivity index (χ3n) is 3.49. The maximum atomic E-state index is 11.9. The first-order valence-electron chi connectivity index (χ1n) is 7.73. The second-order valence-corrected chi connectivity index (χ2v) is 5.21. The molecule has 0 aliphatic carbocycles. The molecular weight excluding hydrogens is 340 g/mol. The zero-order valence-corrected chi connectivity index (χ0v) is 15.0. The Morgan fingerprint density at radius 2 is 1.58 bits per heavy atom. The monoisotopic (exact) mass is 360 g/mol. The molecule has 0 amide bonds. The fourth-order valence-corrected chi connectivity index (χ4v) is 2.27. The number of carbonyl (C=O) groups excluding carboxylic acids is 2. The molecule has 0 fully saturated rings. The third-order valence-corrected chi connectivity index (χ3v) is 3.49. The largest absolute Gasteiger partial charge is 0.497 e. The van der Waals surface area contributed by atoms with Gasteiger partial charge in [-0.1, -0.05) is 0 Å². The van der Waals surface area contributed by atoms with Crippen molar-refractivity contribution in [3.8, 4) is 23.0 Å². The Morgan fingerprint density at radius 1 is 0.885 bits per heavy atom. The van der Waals surface area contributed by atoms with E-state index in [4.69, 9.17) is 23.7 Å². The van der Waals surface area contributed by atoms with Gasteiger partial charge in [-0.15, -0.1) is 0 Å². The minimum atomic E-state index is -0.634. The number of esters is 2. The molecule has 0 aromatic heterocycles. The minimum Gasteiger partial charge on any atom is -0.497 e. The molecule has 0 aliphatic heterocycles. The van der Waals surface area contributed by atoms with E-state index in [2.05, 4.69) is 0 Å². The Labute approximate surface area is 151 Å². The SMILES string of the molecule is COC(=O)c1cc(OCc2cc(OC)ccc2OC)ccc1OC(C)=O. The summed E-state index contributed by atoms with van der Waals surface area (Å²) in [5.41, 5.74) is 0.869. The highest BCUT2D eigenvalue weighted by atomic mass is 16.5. The lowest BCUT2D eigenvalue weighted by Crippen LogP contribution is -2.09. The van der Waals surface area contributed by atoms with E-state index >= 15 is 0 Å². The maximum absolute atomic E-state index is 11.9. The van der Waals surface area contributed by atoms with Gasteiger partial charge in [0.15, 0.2) is 0 Å². The van der Waals surface area contributed by atoms with Gasteiger partial charge < -0.3 is 23.7 Å². The standard InChI is InChI=1S/C19H20O7/c1-12(20)26-18-8-6-15(10-16(18)19(21)24-4)25-11-13-9-14(22-2)5-7-17(13)23-3/h5-10H,11H2,1-4H3. The van der Waals surface area contributed by atoms with Crippen LogP contribution < -0.4 is 18.9 Å². The quantitative estimate of drug-likeness (QED) is 0.555. The summed E-state index contributed by atoms with van der Waals surface area (Å²) in [6.45, 7) is 1.44. The minimum absolute atomic E-state index is 0.0952. The van der Waals surface area contributed by atoms with Crippen molar-refractivity contribution in [1.82, 2.24) is 0 Å². The van der Waals surface area contributed by atoms with Crippen LogP contribution >= 0.6 is 0 Å². The van der Waals surface area contributed by atoms with Crippen LogP contribution in [0.4, 0.5) is 0 Å². The van der Waals surface area contributed by atoms with Gasteiger partial charge in [0.2, 0.25) is 0 Å². The van der Waals surface area contributed by atoms with Crippen LogP contribution in [0.15, 0.2) is 36.4 Å². The molecule has 0 unspecified atom stereocenters. The summed E-state index contributed by atoms with van der Waals surface area (Å²) in [5, 5.41) is 0. The molecule has 7 heteroatoms. The summed E-state index contributed by atoms with van der Waals surface area (Å²) in [5.74, 6) is 0.665. The van der Waals surface area contributed by atoms with Crippen molar-refractivity contribution in [3.63, 3.8) is 0 Å². The fourth-order valence-electron chi connectivity index (χ4n) is 2.27. The van der Waals surface area contributed by atoms with E-state index in [0.29, 0.717) is 17.2 Å². The molecule has 0 heterocycles. The van der Waals surface area contributed by atoms with Crippen LogP contribution in [-0.2, 0) is 16.1 Å². The van der Waals surface area contributed by atoms with Gasteiger partial charge >= 0.3 is 11.9 Å². The van der Waals surface area contributed by atoms with Crippen LogP contribution in [0.1, 0.15) is 22.8 Å². The lowest BCUT2D eigenvalue weighted by Gasteiger charge is -2.13. The van der Waals surface area contributed by atoms with Gasteiger partial charge in [0.05, 0.1) is 21.3 Å². The smallest absolute Gasteiger partial charge is 0.341 e. The van der Waals surface area contributed by atoms with Crippen molar-refractivity contribution < 1.29 is 33.3 Å². The molecule has 0 radical (unpaired) electrons. The lowest BCUT2D eigenvalue weighted by atomic mass is 10.2. The van der Waals surface area contributed by atoms with Crippen LogP contribution in [0.5, 0.6) is 23.0 Å². The van der Waals surface area contributed by atoms with E-state index in [0.717, 1.165) is 5.56 Å². The van der Waals surface area contributed by atoms with Crippen molar-refractivity contribution in [3.05, 3.63) is 47.5 Å². The Balaban J connectivity index is 2.25. The Bertz CT molecular complexity index is 798. The van der Waals surface area contributed by atoms with Crippen molar-refractivity contribution in [2.24, 2.45) is 0 Å². The van der Waals surface area contributed by atoms with Gasteiger partial charge in [0.25, 0.3) is 0 Å². The Hall–Kier alpha value is -3.22. The van der Waals surface area contributed by atoms with E-state index in [1.807, 2.05) is 0 Å². The van der Waals surface area contributed by atoms with E-state index < -0.39 is 11.9 Å². The zero-order chi connectivity index (χ0) is 19.1. The number of rotatable bonds is 7. The van der Waals surface area contributed by atoms with Gasteiger partial charge in [0.1, 0.15) is 35.2 Å². The summed E-state index contributed by atoms with van der Waals surface area (Å²) < 4.78 is 26.0. The number of hydrogen-bond donors (Lipinski definition) is 0. The van der Waals surface area contributed by atoms with Crippen LogP contribution in [0.25, 0.3) is 0 Å². The Kier molecular flexibility index (Phi) is 6.43. The summed E-state index contributed by atoms with van der Waals surface area (Å²) in [4.78, 5) is 23.1. The Morgan fingerprint density at radius 3 is 2.19 bits per heavy atom. The molecule has 2 aromatic rings. The molecule has 0 atom stereocenters. The predicted octanol–water partition coefficient (Wildman–Crippen LogP) is 2.99.